The maximum Gasteiger partial charge on any atom is 0.253 e. The van der Waals surface area contributed by atoms with Crippen LogP contribution in [0.25, 0.3) is 0 Å². The highest BCUT2D eigenvalue weighted by molar-refractivity contribution is 5.94. The first kappa shape index (κ1) is 21.8. The van der Waals surface area contributed by atoms with Crippen molar-refractivity contribution in [3.63, 3.8) is 0 Å². The Bertz CT molecular complexity index is 877. The van der Waals surface area contributed by atoms with Gasteiger partial charge in [-0.05, 0) is 79.5 Å². The molecule has 2 aromatic rings. The molecule has 1 atom stereocenters. The summed E-state index contributed by atoms with van der Waals surface area (Å²) in [6.07, 6.45) is 4.37. The fourth-order valence-corrected chi connectivity index (χ4v) is 4.12. The molecule has 5 heteroatoms. The van der Waals surface area contributed by atoms with Crippen molar-refractivity contribution in [2.75, 3.05) is 33.4 Å². The van der Waals surface area contributed by atoms with Crippen LogP contribution in [-0.4, -0.2) is 50.3 Å². The Labute approximate surface area is 185 Å². The van der Waals surface area contributed by atoms with Crippen LogP contribution in [0.2, 0.25) is 0 Å². The zero-order valence-corrected chi connectivity index (χ0v) is 18.7. The number of nitrogens with zero attached hydrogens (tertiary/aromatic N) is 1. The van der Waals surface area contributed by atoms with Gasteiger partial charge in [0.2, 0.25) is 0 Å². The second kappa shape index (κ2) is 10.3. The minimum Gasteiger partial charge on any atom is -0.493 e. The standard InChI is InChI=1S/C26H34N2O3/c1-3-30-13-12-27-17-20-6-7-22-15-24(16-23(22)14-20)28(2)26(29)21-8-10-25(11-9-21)31-18-19-4-5-19/h6-11,14,19,24,27H,3-5,12-13,15-18H2,1-2H3. The number of nitrogens with one attached hydrogen (secondary N) is 1. The Morgan fingerprint density at radius 3 is 2.61 bits per heavy atom. The number of benzene rings is 2. The van der Waals surface area contributed by atoms with Crippen LogP contribution in [0, 0.1) is 5.92 Å². The molecule has 2 aliphatic rings. The van der Waals surface area contributed by atoms with Gasteiger partial charge in [-0.1, -0.05) is 18.2 Å². The normalized spacial score (nSPS) is 17.4. The van der Waals surface area contributed by atoms with E-state index in [1.165, 1.54) is 29.5 Å². The lowest BCUT2D eigenvalue weighted by molar-refractivity contribution is 0.0737. The zero-order valence-electron chi connectivity index (χ0n) is 18.7. The van der Waals surface area contributed by atoms with E-state index in [0.717, 1.165) is 63.0 Å². The molecular weight excluding hydrogens is 388 g/mol. The zero-order chi connectivity index (χ0) is 21.6. The Hall–Kier alpha value is -2.37. The van der Waals surface area contributed by atoms with Crippen LogP contribution in [0.15, 0.2) is 42.5 Å². The molecule has 1 saturated carbocycles. The fraction of sp³-hybridized carbons (Fsp3) is 0.500. The van der Waals surface area contributed by atoms with E-state index in [9.17, 15) is 4.79 Å². The molecule has 5 nitrogen and oxygen atoms in total. The van der Waals surface area contributed by atoms with Crippen LogP contribution in [-0.2, 0) is 24.1 Å². The molecule has 0 saturated heterocycles. The summed E-state index contributed by atoms with van der Waals surface area (Å²) >= 11 is 0. The second-order valence-corrected chi connectivity index (χ2v) is 8.73. The number of hydrogen-bond donors (Lipinski definition) is 1. The van der Waals surface area contributed by atoms with Crippen molar-refractivity contribution in [2.24, 2.45) is 5.92 Å². The van der Waals surface area contributed by atoms with Crippen molar-refractivity contribution in [3.8, 4) is 5.75 Å². The van der Waals surface area contributed by atoms with E-state index in [2.05, 4.69) is 23.5 Å². The number of ether oxygens (including phenoxy) is 2. The lowest BCUT2D eigenvalue weighted by atomic mass is 10.1. The summed E-state index contributed by atoms with van der Waals surface area (Å²) < 4.78 is 11.2. The Kier molecular flexibility index (Phi) is 7.25. The third-order valence-corrected chi connectivity index (χ3v) is 6.29. The van der Waals surface area contributed by atoms with Crippen molar-refractivity contribution >= 4 is 5.91 Å². The van der Waals surface area contributed by atoms with Crippen molar-refractivity contribution in [2.45, 2.75) is 45.2 Å². The fourth-order valence-electron chi connectivity index (χ4n) is 4.12. The van der Waals surface area contributed by atoms with Crippen LogP contribution in [0.3, 0.4) is 0 Å². The highest BCUT2D eigenvalue weighted by Crippen LogP contribution is 2.30. The predicted molar refractivity (Wildman–Crippen MR) is 123 cm³/mol. The Balaban J connectivity index is 1.29. The van der Waals surface area contributed by atoms with Gasteiger partial charge in [-0.2, -0.15) is 0 Å². The highest BCUT2D eigenvalue weighted by atomic mass is 16.5. The lowest BCUT2D eigenvalue weighted by Crippen LogP contribution is -2.37. The number of amides is 1. The van der Waals surface area contributed by atoms with Gasteiger partial charge in [-0.25, -0.2) is 0 Å². The molecule has 1 unspecified atom stereocenters. The maximum absolute atomic E-state index is 13.0. The summed E-state index contributed by atoms with van der Waals surface area (Å²) in [6, 6.07) is 14.5. The van der Waals surface area contributed by atoms with Crippen molar-refractivity contribution < 1.29 is 14.3 Å². The van der Waals surface area contributed by atoms with E-state index in [4.69, 9.17) is 9.47 Å². The molecule has 4 rings (SSSR count). The van der Waals surface area contributed by atoms with E-state index >= 15 is 0 Å². The van der Waals surface area contributed by atoms with E-state index in [1.54, 1.807) is 0 Å². The monoisotopic (exact) mass is 422 g/mol. The van der Waals surface area contributed by atoms with Gasteiger partial charge in [0.1, 0.15) is 5.75 Å². The minimum absolute atomic E-state index is 0.0735. The van der Waals surface area contributed by atoms with Gasteiger partial charge < -0.3 is 19.7 Å². The van der Waals surface area contributed by atoms with Gasteiger partial charge in [0.05, 0.1) is 13.2 Å². The van der Waals surface area contributed by atoms with Crippen LogP contribution in [0.5, 0.6) is 5.75 Å². The summed E-state index contributed by atoms with van der Waals surface area (Å²) in [6.45, 7) is 6.00. The largest absolute Gasteiger partial charge is 0.493 e. The third-order valence-electron chi connectivity index (χ3n) is 6.29. The molecule has 31 heavy (non-hydrogen) atoms. The summed E-state index contributed by atoms with van der Waals surface area (Å²) in [5.74, 6) is 1.65. The molecule has 2 aromatic carbocycles. The molecule has 2 aliphatic carbocycles. The van der Waals surface area contributed by atoms with Crippen molar-refractivity contribution in [1.29, 1.82) is 0 Å². The minimum atomic E-state index is 0.0735. The molecule has 1 amide bonds. The molecule has 0 spiro atoms. The van der Waals surface area contributed by atoms with Gasteiger partial charge in [0, 0.05) is 38.3 Å². The molecular formula is C26H34N2O3. The maximum atomic E-state index is 13.0. The smallest absolute Gasteiger partial charge is 0.253 e. The quantitative estimate of drug-likeness (QED) is 0.559. The number of likely N-dealkylation sites (N-methyl/N-ethyl adjacent to an activating group) is 1. The number of fused-ring (bicyclic) bond motifs is 1. The van der Waals surface area contributed by atoms with Gasteiger partial charge in [0.15, 0.2) is 0 Å². The topological polar surface area (TPSA) is 50.8 Å². The average molecular weight is 423 g/mol. The molecule has 0 aromatic heterocycles. The SMILES string of the molecule is CCOCCNCc1ccc2c(c1)CC(N(C)C(=O)c1ccc(OCC3CC3)cc1)C2. The average Bonchev–Trinajstić information content (AvgIpc) is 3.53. The first-order valence-corrected chi connectivity index (χ1v) is 11.5. The molecule has 166 valence electrons. The van der Waals surface area contributed by atoms with Crippen LogP contribution in [0.4, 0.5) is 0 Å². The number of carbonyl (C=O) groups is 1. The molecule has 0 aliphatic heterocycles. The first-order chi connectivity index (χ1) is 15.1. The molecule has 0 heterocycles. The summed E-state index contributed by atoms with van der Waals surface area (Å²) in [5.41, 5.74) is 4.72. The number of rotatable bonds is 11. The predicted octanol–water partition coefficient (Wildman–Crippen LogP) is 3.84. The lowest BCUT2D eigenvalue weighted by Gasteiger charge is -2.24. The van der Waals surface area contributed by atoms with E-state index in [0.29, 0.717) is 0 Å². The molecule has 1 N–H and O–H groups in total. The van der Waals surface area contributed by atoms with E-state index in [-0.39, 0.29) is 11.9 Å². The van der Waals surface area contributed by atoms with Crippen LogP contribution in [0.1, 0.15) is 46.8 Å². The number of hydrogen-bond acceptors (Lipinski definition) is 4. The summed E-state index contributed by atoms with van der Waals surface area (Å²) in [5, 5.41) is 3.42. The first-order valence-electron chi connectivity index (χ1n) is 11.5. The molecule has 0 radical (unpaired) electrons. The van der Waals surface area contributed by atoms with Crippen molar-refractivity contribution in [3.05, 3.63) is 64.7 Å². The van der Waals surface area contributed by atoms with Gasteiger partial charge in [0.25, 0.3) is 5.91 Å². The summed E-state index contributed by atoms with van der Waals surface area (Å²) in [4.78, 5) is 14.9. The number of carbonyl (C=O) groups excluding carboxylic acids is 1. The molecule has 0 bridgehead atoms. The van der Waals surface area contributed by atoms with Gasteiger partial charge in [-0.3, -0.25) is 4.79 Å². The van der Waals surface area contributed by atoms with E-state index < -0.39 is 0 Å². The van der Waals surface area contributed by atoms with Crippen LogP contribution >= 0.6 is 0 Å². The third kappa shape index (κ3) is 5.86. The Morgan fingerprint density at radius 1 is 1.10 bits per heavy atom. The Morgan fingerprint density at radius 2 is 1.87 bits per heavy atom. The second-order valence-electron chi connectivity index (χ2n) is 8.73. The van der Waals surface area contributed by atoms with Gasteiger partial charge in [-0.15, -0.1) is 0 Å². The molecule has 1 fully saturated rings. The van der Waals surface area contributed by atoms with Gasteiger partial charge >= 0.3 is 0 Å². The summed E-state index contributed by atoms with van der Waals surface area (Å²) in [7, 11) is 1.92. The van der Waals surface area contributed by atoms with E-state index in [1.807, 2.05) is 43.1 Å². The van der Waals surface area contributed by atoms with Crippen LogP contribution < -0.4 is 10.1 Å². The van der Waals surface area contributed by atoms with Crippen molar-refractivity contribution in [1.82, 2.24) is 10.2 Å². The highest BCUT2D eigenvalue weighted by Gasteiger charge is 2.28.